The average Bonchev–Trinajstić information content (AvgIpc) is 2.62. The van der Waals surface area contributed by atoms with Gasteiger partial charge in [0.15, 0.2) is 0 Å². The molecule has 1 aliphatic heterocycles. The Bertz CT molecular complexity index is 276. The van der Waals surface area contributed by atoms with Crippen LogP contribution in [0.2, 0.25) is 0 Å². The fraction of sp³-hybridized carbons (Fsp3) is 0.700. The molecule has 2 unspecified atom stereocenters. The van der Waals surface area contributed by atoms with Crippen LogP contribution in [0, 0.1) is 0 Å². The summed E-state index contributed by atoms with van der Waals surface area (Å²) in [6.45, 7) is 0.753. The second-order valence-electron chi connectivity index (χ2n) is 3.34. The van der Waals surface area contributed by atoms with Crippen molar-refractivity contribution in [1.29, 1.82) is 0 Å². The number of cyclic esters (lactones) is 1. The number of aliphatic hydroxyl groups is 2. The Balaban J connectivity index is 2.15. The van der Waals surface area contributed by atoms with E-state index < -0.39 is 18.4 Å². The van der Waals surface area contributed by atoms with Crippen molar-refractivity contribution in [3.8, 4) is 0 Å². The number of carbonyl (C=O) groups excluding carboxylic acids is 1. The number of rotatable bonds is 8. The van der Waals surface area contributed by atoms with Gasteiger partial charge in [-0.1, -0.05) is 0 Å². The molecule has 0 bridgehead atoms. The summed E-state index contributed by atoms with van der Waals surface area (Å²) in [6.07, 6.45) is -1.44. The van der Waals surface area contributed by atoms with Crippen molar-refractivity contribution >= 4 is 5.97 Å². The number of carbonyl (C=O) groups is 1. The zero-order valence-corrected chi connectivity index (χ0v) is 9.50. The highest BCUT2D eigenvalue weighted by molar-refractivity contribution is 5.85. The van der Waals surface area contributed by atoms with Crippen molar-refractivity contribution in [1.82, 2.24) is 0 Å². The topological polar surface area (TPSA) is 94.5 Å². The third kappa shape index (κ3) is 4.80. The van der Waals surface area contributed by atoms with Crippen LogP contribution >= 0.6 is 0 Å². The summed E-state index contributed by atoms with van der Waals surface area (Å²) in [5.41, 5.74) is 0.0897. The van der Waals surface area contributed by atoms with Gasteiger partial charge in [0, 0.05) is 18.8 Å². The largest absolute Gasteiger partial charge is 0.429 e. The van der Waals surface area contributed by atoms with E-state index in [1.165, 1.54) is 0 Å². The summed E-state index contributed by atoms with van der Waals surface area (Å²) < 4.78 is 19.2. The van der Waals surface area contributed by atoms with Crippen LogP contribution in [0.15, 0.2) is 11.6 Å². The Hall–Kier alpha value is -0.990. The van der Waals surface area contributed by atoms with Crippen molar-refractivity contribution in [2.24, 2.45) is 0 Å². The third-order valence-electron chi connectivity index (χ3n) is 2.06. The summed E-state index contributed by atoms with van der Waals surface area (Å²) in [5.74, 6) is -0.678. The van der Waals surface area contributed by atoms with Gasteiger partial charge in [-0.15, -0.1) is 0 Å². The molecule has 1 rings (SSSR count). The van der Waals surface area contributed by atoms with Crippen LogP contribution < -0.4 is 0 Å². The van der Waals surface area contributed by atoms with E-state index in [1.807, 2.05) is 0 Å². The quantitative estimate of drug-likeness (QED) is 0.316. The van der Waals surface area contributed by atoms with Crippen LogP contribution in [0.25, 0.3) is 0 Å². The molecule has 0 aliphatic carbocycles. The lowest BCUT2D eigenvalue weighted by Crippen LogP contribution is -2.25. The fourth-order valence-corrected chi connectivity index (χ4v) is 1.20. The van der Waals surface area contributed by atoms with Crippen LogP contribution in [0.5, 0.6) is 0 Å². The van der Waals surface area contributed by atoms with Crippen molar-refractivity contribution in [3.05, 3.63) is 11.6 Å². The first-order valence-corrected chi connectivity index (χ1v) is 5.07. The van der Waals surface area contributed by atoms with E-state index in [2.05, 4.69) is 4.74 Å². The van der Waals surface area contributed by atoms with Gasteiger partial charge in [-0.2, -0.15) is 0 Å². The van der Waals surface area contributed by atoms with Crippen LogP contribution in [-0.2, 0) is 23.7 Å². The smallest absolute Gasteiger partial charge is 0.333 e. The van der Waals surface area contributed by atoms with Crippen LogP contribution in [0.1, 0.15) is 0 Å². The molecule has 1 aliphatic rings. The molecule has 0 aromatic rings. The van der Waals surface area contributed by atoms with E-state index in [-0.39, 0.29) is 19.0 Å². The Morgan fingerprint density at radius 1 is 1.47 bits per heavy atom. The van der Waals surface area contributed by atoms with E-state index in [1.54, 1.807) is 7.11 Å². The highest BCUT2D eigenvalue weighted by Crippen LogP contribution is 2.17. The molecule has 0 radical (unpaired) electrons. The van der Waals surface area contributed by atoms with Crippen molar-refractivity contribution in [3.63, 3.8) is 0 Å². The van der Waals surface area contributed by atoms with Gasteiger partial charge in [-0.3, -0.25) is 0 Å². The average molecular weight is 248 g/mol. The number of methoxy groups -OCH3 is 1. The highest BCUT2D eigenvalue weighted by atomic mass is 16.7. The number of hydrogen-bond acceptors (Lipinski definition) is 7. The van der Waals surface area contributed by atoms with Gasteiger partial charge in [0.1, 0.15) is 12.9 Å². The normalized spacial score (nSPS) is 21.2. The molecular weight excluding hydrogens is 232 g/mol. The first kappa shape index (κ1) is 14.1. The molecule has 0 fully saturated rings. The van der Waals surface area contributed by atoms with Gasteiger partial charge in [0.05, 0.1) is 19.8 Å². The fourth-order valence-electron chi connectivity index (χ4n) is 1.20. The van der Waals surface area contributed by atoms with E-state index in [0.29, 0.717) is 13.2 Å². The van der Waals surface area contributed by atoms with E-state index in [9.17, 15) is 15.0 Å². The molecule has 2 atom stereocenters. The molecular formula is C10H16O7. The van der Waals surface area contributed by atoms with E-state index in [4.69, 9.17) is 14.2 Å². The second-order valence-corrected chi connectivity index (χ2v) is 3.34. The Morgan fingerprint density at radius 3 is 2.82 bits per heavy atom. The number of esters is 1. The predicted octanol–water partition coefficient (Wildman–Crippen LogP) is -1.21. The Kier molecular flexibility index (Phi) is 6.09. The standard InChI is InChI=1S/C10H16O7/c1-14-2-3-15-6-16-5-8(11)7-4-9(12)17-10(7)13/h4,8,10-11,13H,2-3,5-6H2,1H3. The lowest BCUT2D eigenvalue weighted by Gasteiger charge is -2.14. The summed E-state index contributed by atoms with van der Waals surface area (Å²) in [5, 5.41) is 18.8. The first-order valence-electron chi connectivity index (χ1n) is 5.07. The minimum absolute atomic E-state index is 0.00139. The number of ether oxygens (including phenoxy) is 4. The van der Waals surface area contributed by atoms with Gasteiger partial charge in [-0.25, -0.2) is 4.79 Å². The minimum Gasteiger partial charge on any atom is -0.429 e. The predicted molar refractivity (Wildman–Crippen MR) is 54.8 cm³/mol. The summed E-state index contributed by atoms with van der Waals surface area (Å²) in [7, 11) is 1.55. The minimum atomic E-state index is -1.39. The van der Waals surface area contributed by atoms with Gasteiger partial charge < -0.3 is 29.2 Å². The SMILES string of the molecule is COCCOCOCC(O)C1=CC(=O)OC1O. The lowest BCUT2D eigenvalue weighted by molar-refractivity contribution is -0.152. The van der Waals surface area contributed by atoms with E-state index >= 15 is 0 Å². The van der Waals surface area contributed by atoms with Crippen molar-refractivity contribution in [2.45, 2.75) is 12.4 Å². The maximum absolute atomic E-state index is 10.8. The lowest BCUT2D eigenvalue weighted by atomic mass is 10.1. The maximum Gasteiger partial charge on any atom is 0.333 e. The number of hydrogen-bond donors (Lipinski definition) is 2. The molecule has 7 nitrogen and oxygen atoms in total. The van der Waals surface area contributed by atoms with Gasteiger partial charge in [0.2, 0.25) is 6.29 Å². The molecule has 98 valence electrons. The maximum atomic E-state index is 10.8. The highest BCUT2D eigenvalue weighted by Gasteiger charge is 2.29. The molecule has 1 heterocycles. The second kappa shape index (κ2) is 7.36. The third-order valence-corrected chi connectivity index (χ3v) is 2.06. The van der Waals surface area contributed by atoms with Gasteiger partial charge in [0.25, 0.3) is 0 Å². The summed E-state index contributed by atoms with van der Waals surface area (Å²) in [4.78, 5) is 10.8. The molecule has 0 saturated heterocycles. The molecule has 7 heteroatoms. The number of aliphatic hydroxyl groups excluding tert-OH is 2. The monoisotopic (exact) mass is 248 g/mol. The Morgan fingerprint density at radius 2 is 2.24 bits per heavy atom. The van der Waals surface area contributed by atoms with Crippen LogP contribution in [0.4, 0.5) is 0 Å². The zero-order chi connectivity index (χ0) is 12.7. The molecule has 0 aromatic carbocycles. The van der Waals surface area contributed by atoms with Crippen LogP contribution in [-0.4, -0.2) is 62.3 Å². The molecule has 0 amide bonds. The zero-order valence-electron chi connectivity index (χ0n) is 9.50. The molecule has 17 heavy (non-hydrogen) atoms. The van der Waals surface area contributed by atoms with E-state index in [0.717, 1.165) is 6.08 Å². The van der Waals surface area contributed by atoms with Crippen molar-refractivity contribution < 1.29 is 34.0 Å². The summed E-state index contributed by atoms with van der Waals surface area (Å²) in [6, 6.07) is 0. The molecule has 0 spiro atoms. The summed E-state index contributed by atoms with van der Waals surface area (Å²) >= 11 is 0. The van der Waals surface area contributed by atoms with Gasteiger partial charge in [-0.05, 0) is 0 Å². The van der Waals surface area contributed by atoms with Gasteiger partial charge >= 0.3 is 5.97 Å². The molecule has 0 saturated carbocycles. The Labute approximate surface area is 98.5 Å². The molecule has 0 aromatic heterocycles. The first-order chi connectivity index (χ1) is 8.15. The van der Waals surface area contributed by atoms with Crippen molar-refractivity contribution in [2.75, 3.05) is 33.7 Å². The van der Waals surface area contributed by atoms with Crippen LogP contribution in [0.3, 0.4) is 0 Å². The molecule has 2 N–H and O–H groups in total.